The Morgan fingerprint density at radius 2 is 1.88 bits per heavy atom. The predicted molar refractivity (Wildman–Crippen MR) is 120 cm³/mol. The first-order valence-corrected chi connectivity index (χ1v) is 10.4. The molecule has 0 spiro atoms. The van der Waals surface area contributed by atoms with Gasteiger partial charge in [-0.1, -0.05) is 61.5 Å². The minimum Gasteiger partial charge on any atom is -0.274 e. The van der Waals surface area contributed by atoms with Crippen LogP contribution in [0.2, 0.25) is 0 Å². The Balaban J connectivity index is 1.61. The van der Waals surface area contributed by atoms with Gasteiger partial charge in [-0.05, 0) is 34.9 Å². The molecule has 0 saturated carbocycles. The molecule has 0 aliphatic carbocycles. The summed E-state index contributed by atoms with van der Waals surface area (Å²) in [5.74, 6) is 0.786. The maximum atomic E-state index is 12.8. The van der Waals surface area contributed by atoms with Gasteiger partial charge in [0, 0.05) is 18.4 Å². The largest absolute Gasteiger partial charge is 0.353 e. The van der Waals surface area contributed by atoms with Gasteiger partial charge < -0.3 is 0 Å². The van der Waals surface area contributed by atoms with Gasteiger partial charge in [-0.2, -0.15) is 5.21 Å². The SMILES string of the molecule is CC=CCc1nn(C(=O)CC)c(=O)n1Cc1ccc(-c2cccc(-c3nn[nH]n3)c2)cc1. The first-order chi connectivity index (χ1) is 15.6. The maximum Gasteiger partial charge on any atom is 0.353 e. The molecule has 2 aromatic heterocycles. The molecule has 0 aliphatic rings. The van der Waals surface area contributed by atoms with E-state index >= 15 is 0 Å². The molecule has 0 fully saturated rings. The molecule has 32 heavy (non-hydrogen) atoms. The lowest BCUT2D eigenvalue weighted by Crippen LogP contribution is -2.29. The molecule has 1 N–H and O–H groups in total. The molecular formula is C23H23N7O2. The highest BCUT2D eigenvalue weighted by Gasteiger charge is 2.17. The van der Waals surface area contributed by atoms with Crippen LogP contribution in [0.25, 0.3) is 22.5 Å². The number of aromatic amines is 1. The topological polar surface area (TPSA) is 111 Å². The summed E-state index contributed by atoms with van der Waals surface area (Å²) >= 11 is 0. The average Bonchev–Trinajstić information content (AvgIpc) is 3.47. The fourth-order valence-corrected chi connectivity index (χ4v) is 3.39. The number of allylic oxidation sites excluding steroid dienone is 2. The normalized spacial score (nSPS) is 11.3. The molecular weight excluding hydrogens is 406 g/mol. The van der Waals surface area contributed by atoms with Crippen molar-refractivity contribution < 1.29 is 4.79 Å². The van der Waals surface area contributed by atoms with Crippen molar-refractivity contribution in [2.24, 2.45) is 0 Å². The Morgan fingerprint density at radius 1 is 1.09 bits per heavy atom. The van der Waals surface area contributed by atoms with Gasteiger partial charge in [0.15, 0.2) is 0 Å². The number of nitrogens with one attached hydrogen (secondary N) is 1. The van der Waals surface area contributed by atoms with E-state index in [-0.39, 0.29) is 12.3 Å². The maximum absolute atomic E-state index is 12.8. The molecule has 2 aromatic carbocycles. The van der Waals surface area contributed by atoms with Gasteiger partial charge in [0.05, 0.1) is 6.54 Å². The molecule has 4 aromatic rings. The van der Waals surface area contributed by atoms with Crippen LogP contribution in [0.15, 0.2) is 65.5 Å². The molecule has 9 nitrogen and oxygen atoms in total. The highest BCUT2D eigenvalue weighted by atomic mass is 16.2. The van der Waals surface area contributed by atoms with Crippen LogP contribution in [0.3, 0.4) is 0 Å². The number of benzene rings is 2. The van der Waals surface area contributed by atoms with Gasteiger partial charge in [-0.3, -0.25) is 9.36 Å². The average molecular weight is 429 g/mol. The predicted octanol–water partition coefficient (Wildman–Crippen LogP) is 3.11. The summed E-state index contributed by atoms with van der Waals surface area (Å²) in [5, 5.41) is 18.4. The molecule has 162 valence electrons. The minimum absolute atomic E-state index is 0.220. The summed E-state index contributed by atoms with van der Waals surface area (Å²) in [6.45, 7) is 3.96. The molecule has 9 heteroatoms. The number of carbonyl (C=O) groups excluding carboxylic acids is 1. The van der Waals surface area contributed by atoms with Gasteiger partial charge in [0.25, 0.3) is 5.91 Å². The van der Waals surface area contributed by atoms with E-state index in [0.717, 1.165) is 26.9 Å². The molecule has 0 unspecified atom stereocenters. The first kappa shape index (κ1) is 21.1. The second-order valence-corrected chi connectivity index (χ2v) is 7.23. The molecule has 0 radical (unpaired) electrons. The Labute approximate surface area is 184 Å². The third-order valence-electron chi connectivity index (χ3n) is 5.11. The lowest BCUT2D eigenvalue weighted by molar-refractivity contribution is 0.0887. The standard InChI is InChI=1S/C23H23N7O2/c1-3-5-9-20-26-30(21(31)4-2)23(32)29(20)15-16-10-12-17(13-11-16)18-7-6-8-19(14-18)22-24-27-28-25-22/h3,5-8,10-14H,4,9,15H2,1-2H3,(H,24,25,27,28). The summed E-state index contributed by atoms with van der Waals surface area (Å²) in [4.78, 5) is 24.9. The van der Waals surface area contributed by atoms with Crippen LogP contribution < -0.4 is 5.69 Å². The Hall–Kier alpha value is -4.14. The van der Waals surface area contributed by atoms with Crippen LogP contribution in [0.1, 0.15) is 36.5 Å². The second kappa shape index (κ2) is 9.34. The van der Waals surface area contributed by atoms with Crippen LogP contribution in [0.5, 0.6) is 0 Å². The van der Waals surface area contributed by atoms with Gasteiger partial charge in [0.2, 0.25) is 5.82 Å². The van der Waals surface area contributed by atoms with Crippen molar-refractivity contribution in [3.8, 4) is 22.5 Å². The Bertz CT molecular complexity index is 1300. The zero-order valence-corrected chi connectivity index (χ0v) is 17.9. The fourth-order valence-electron chi connectivity index (χ4n) is 3.39. The highest BCUT2D eigenvalue weighted by molar-refractivity contribution is 5.77. The van der Waals surface area contributed by atoms with Crippen LogP contribution in [-0.4, -0.2) is 40.9 Å². The summed E-state index contributed by atoms with van der Waals surface area (Å²) in [6.07, 6.45) is 4.51. The zero-order valence-electron chi connectivity index (χ0n) is 17.9. The van der Waals surface area contributed by atoms with E-state index in [1.165, 1.54) is 0 Å². The number of hydrogen-bond acceptors (Lipinski definition) is 6. The number of H-pyrrole nitrogens is 1. The first-order valence-electron chi connectivity index (χ1n) is 10.4. The summed E-state index contributed by atoms with van der Waals surface area (Å²) < 4.78 is 2.52. The third-order valence-corrected chi connectivity index (χ3v) is 5.11. The van der Waals surface area contributed by atoms with Crippen LogP contribution >= 0.6 is 0 Å². The van der Waals surface area contributed by atoms with E-state index in [1.807, 2.05) is 67.6 Å². The van der Waals surface area contributed by atoms with Gasteiger partial charge in [0.1, 0.15) is 5.82 Å². The van der Waals surface area contributed by atoms with Crippen molar-refractivity contribution in [1.82, 2.24) is 35.0 Å². The monoisotopic (exact) mass is 429 g/mol. The molecule has 4 rings (SSSR count). The van der Waals surface area contributed by atoms with E-state index < -0.39 is 5.69 Å². The van der Waals surface area contributed by atoms with Gasteiger partial charge in [-0.15, -0.1) is 20.0 Å². The lowest BCUT2D eigenvalue weighted by atomic mass is 10.0. The number of hydrogen-bond donors (Lipinski definition) is 1. The summed E-state index contributed by atoms with van der Waals surface area (Å²) in [5.41, 5.74) is 3.45. The number of tetrazole rings is 1. The van der Waals surface area contributed by atoms with E-state index in [1.54, 1.807) is 11.5 Å². The molecule has 2 heterocycles. The Kier molecular flexibility index (Phi) is 6.16. The number of rotatable bonds is 7. The molecule has 0 bridgehead atoms. The number of carbonyl (C=O) groups is 1. The molecule has 0 atom stereocenters. The molecule has 0 amide bonds. The molecule has 0 aliphatic heterocycles. The van der Waals surface area contributed by atoms with Crippen molar-refractivity contribution in [2.75, 3.05) is 0 Å². The fraction of sp³-hybridized carbons (Fsp3) is 0.217. The van der Waals surface area contributed by atoms with Crippen molar-refractivity contribution in [1.29, 1.82) is 0 Å². The smallest absolute Gasteiger partial charge is 0.274 e. The van der Waals surface area contributed by atoms with Crippen molar-refractivity contribution in [3.05, 3.63) is 82.6 Å². The van der Waals surface area contributed by atoms with Gasteiger partial charge in [-0.25, -0.2) is 4.79 Å². The van der Waals surface area contributed by atoms with E-state index in [9.17, 15) is 9.59 Å². The lowest BCUT2D eigenvalue weighted by Gasteiger charge is -2.07. The van der Waals surface area contributed by atoms with Crippen molar-refractivity contribution in [2.45, 2.75) is 33.2 Å². The third kappa shape index (κ3) is 4.31. The van der Waals surface area contributed by atoms with Crippen LogP contribution in [0.4, 0.5) is 0 Å². The van der Waals surface area contributed by atoms with Crippen LogP contribution in [0, 0.1) is 0 Å². The van der Waals surface area contributed by atoms with E-state index in [0.29, 0.717) is 24.6 Å². The van der Waals surface area contributed by atoms with Crippen molar-refractivity contribution >= 4 is 5.91 Å². The van der Waals surface area contributed by atoms with Crippen LogP contribution in [-0.2, 0) is 13.0 Å². The van der Waals surface area contributed by atoms with Crippen molar-refractivity contribution in [3.63, 3.8) is 0 Å². The number of aromatic nitrogens is 7. The van der Waals surface area contributed by atoms with E-state index in [4.69, 9.17) is 0 Å². The minimum atomic E-state index is -0.409. The zero-order chi connectivity index (χ0) is 22.5. The Morgan fingerprint density at radius 3 is 2.56 bits per heavy atom. The second-order valence-electron chi connectivity index (χ2n) is 7.23. The summed E-state index contributed by atoms with van der Waals surface area (Å²) in [7, 11) is 0. The highest BCUT2D eigenvalue weighted by Crippen LogP contribution is 2.24. The molecule has 0 saturated heterocycles. The quantitative estimate of drug-likeness (QED) is 0.452. The van der Waals surface area contributed by atoms with E-state index in [2.05, 4.69) is 25.7 Å². The summed E-state index contributed by atoms with van der Waals surface area (Å²) in [6, 6.07) is 15.8. The number of nitrogens with zero attached hydrogens (tertiary/aromatic N) is 6. The van der Waals surface area contributed by atoms with Gasteiger partial charge >= 0.3 is 5.69 Å².